The van der Waals surface area contributed by atoms with Gasteiger partial charge in [-0.05, 0) is 44.8 Å². The summed E-state index contributed by atoms with van der Waals surface area (Å²) in [5.41, 5.74) is 0. The Morgan fingerprint density at radius 3 is 3.00 bits per heavy atom. The summed E-state index contributed by atoms with van der Waals surface area (Å²) in [7, 11) is -3.46. The van der Waals surface area contributed by atoms with Crippen LogP contribution < -0.4 is 10.0 Å². The minimum Gasteiger partial charge on any atom is -0.316 e. The molecule has 0 saturated carbocycles. The van der Waals surface area contributed by atoms with Gasteiger partial charge in [0, 0.05) is 6.04 Å². The highest BCUT2D eigenvalue weighted by Crippen LogP contribution is 2.16. The minimum absolute atomic E-state index is 0.0731. The summed E-state index contributed by atoms with van der Waals surface area (Å²) >= 11 is 0. The van der Waals surface area contributed by atoms with Gasteiger partial charge in [-0.2, -0.15) is 5.10 Å². The Bertz CT molecular complexity index is 437. The summed E-state index contributed by atoms with van der Waals surface area (Å²) in [5.74, 6) is 0.349. The SMILES string of the molecule is CC(NS(=O)(=O)c1ccn[nH]1)C1CCCNC1. The smallest absolute Gasteiger partial charge is 0.257 e. The van der Waals surface area contributed by atoms with Crippen LogP contribution in [0, 0.1) is 5.92 Å². The quantitative estimate of drug-likeness (QED) is 0.713. The zero-order valence-corrected chi connectivity index (χ0v) is 10.6. The molecule has 1 saturated heterocycles. The van der Waals surface area contributed by atoms with Crippen molar-refractivity contribution in [1.82, 2.24) is 20.2 Å². The lowest BCUT2D eigenvalue weighted by Crippen LogP contribution is -2.44. The van der Waals surface area contributed by atoms with Gasteiger partial charge in [-0.15, -0.1) is 0 Å². The summed E-state index contributed by atoms with van der Waals surface area (Å²) in [6.07, 6.45) is 3.59. The normalized spacial score (nSPS) is 23.5. The van der Waals surface area contributed by atoms with Crippen molar-refractivity contribution in [3.05, 3.63) is 12.3 Å². The number of H-pyrrole nitrogens is 1. The molecule has 2 rings (SSSR count). The summed E-state index contributed by atoms with van der Waals surface area (Å²) in [6.45, 7) is 3.80. The van der Waals surface area contributed by atoms with E-state index in [-0.39, 0.29) is 11.1 Å². The van der Waals surface area contributed by atoms with Crippen molar-refractivity contribution < 1.29 is 8.42 Å². The molecular weight excluding hydrogens is 240 g/mol. The highest BCUT2D eigenvalue weighted by atomic mass is 32.2. The minimum atomic E-state index is -3.46. The first-order valence-corrected chi connectivity index (χ1v) is 7.30. The molecule has 1 aromatic heterocycles. The predicted molar refractivity (Wildman–Crippen MR) is 64.0 cm³/mol. The Hall–Kier alpha value is -0.920. The maximum Gasteiger partial charge on any atom is 0.257 e. The average molecular weight is 258 g/mol. The first kappa shape index (κ1) is 12.5. The topological polar surface area (TPSA) is 86.9 Å². The molecule has 0 aromatic carbocycles. The second-order valence-electron chi connectivity index (χ2n) is 4.44. The van der Waals surface area contributed by atoms with E-state index in [9.17, 15) is 8.42 Å². The number of aromatic nitrogens is 2. The van der Waals surface area contributed by atoms with Gasteiger partial charge in [-0.25, -0.2) is 13.1 Å². The molecule has 2 unspecified atom stereocenters. The standard InChI is InChI=1S/C10H18N4O2S/c1-8(9-3-2-5-11-7-9)14-17(15,16)10-4-6-12-13-10/h4,6,8-9,11,14H,2-3,5,7H2,1H3,(H,12,13). The molecule has 0 bridgehead atoms. The number of hydrogen-bond donors (Lipinski definition) is 3. The molecule has 0 aliphatic carbocycles. The molecule has 1 aliphatic rings. The van der Waals surface area contributed by atoms with E-state index in [0.717, 1.165) is 25.9 Å². The van der Waals surface area contributed by atoms with Crippen LogP contribution in [0.25, 0.3) is 0 Å². The monoisotopic (exact) mass is 258 g/mol. The molecule has 1 aliphatic heterocycles. The van der Waals surface area contributed by atoms with Gasteiger partial charge in [-0.1, -0.05) is 0 Å². The number of piperidine rings is 1. The lowest BCUT2D eigenvalue weighted by atomic mass is 9.94. The van der Waals surface area contributed by atoms with E-state index in [1.165, 1.54) is 12.3 Å². The third-order valence-electron chi connectivity index (χ3n) is 3.15. The van der Waals surface area contributed by atoms with Crippen LogP contribution >= 0.6 is 0 Å². The molecule has 0 amide bonds. The number of sulfonamides is 1. The van der Waals surface area contributed by atoms with Crippen LogP contribution in [-0.4, -0.2) is 37.7 Å². The average Bonchev–Trinajstić information content (AvgIpc) is 2.84. The fourth-order valence-electron chi connectivity index (χ4n) is 2.10. The van der Waals surface area contributed by atoms with Gasteiger partial charge in [0.25, 0.3) is 10.0 Å². The molecule has 2 atom stereocenters. The van der Waals surface area contributed by atoms with E-state index in [1.807, 2.05) is 6.92 Å². The number of rotatable bonds is 4. The second-order valence-corrected chi connectivity index (χ2v) is 6.12. The Balaban J connectivity index is 2.00. The van der Waals surface area contributed by atoms with Crippen molar-refractivity contribution in [2.24, 2.45) is 5.92 Å². The Kier molecular flexibility index (Phi) is 3.80. The van der Waals surface area contributed by atoms with Crippen LogP contribution in [0.1, 0.15) is 19.8 Å². The summed E-state index contributed by atoms with van der Waals surface area (Å²) in [6, 6.07) is 1.38. The lowest BCUT2D eigenvalue weighted by molar-refractivity contribution is 0.320. The van der Waals surface area contributed by atoms with Gasteiger partial charge in [-0.3, -0.25) is 5.10 Å². The Labute approximate surface area is 101 Å². The van der Waals surface area contributed by atoms with E-state index in [1.54, 1.807) is 0 Å². The third-order valence-corrected chi connectivity index (χ3v) is 4.64. The highest BCUT2D eigenvalue weighted by molar-refractivity contribution is 7.89. The van der Waals surface area contributed by atoms with Crippen molar-refractivity contribution in [3.63, 3.8) is 0 Å². The maximum absolute atomic E-state index is 11.9. The van der Waals surface area contributed by atoms with Crippen molar-refractivity contribution in [1.29, 1.82) is 0 Å². The first-order chi connectivity index (χ1) is 8.09. The molecule has 0 spiro atoms. The summed E-state index contributed by atoms with van der Waals surface area (Å²) in [4.78, 5) is 0. The van der Waals surface area contributed by atoms with Crippen LogP contribution in [0.2, 0.25) is 0 Å². The molecule has 0 radical (unpaired) electrons. The van der Waals surface area contributed by atoms with E-state index in [2.05, 4.69) is 20.2 Å². The fourth-order valence-corrected chi connectivity index (χ4v) is 3.32. The van der Waals surface area contributed by atoms with E-state index in [4.69, 9.17) is 0 Å². The lowest BCUT2D eigenvalue weighted by Gasteiger charge is -2.28. The largest absolute Gasteiger partial charge is 0.316 e. The molecule has 17 heavy (non-hydrogen) atoms. The highest BCUT2D eigenvalue weighted by Gasteiger charge is 2.25. The van der Waals surface area contributed by atoms with Crippen LogP contribution in [0.3, 0.4) is 0 Å². The zero-order valence-electron chi connectivity index (χ0n) is 9.81. The van der Waals surface area contributed by atoms with Gasteiger partial charge in [0.1, 0.15) is 0 Å². The molecule has 6 nitrogen and oxygen atoms in total. The summed E-state index contributed by atoms with van der Waals surface area (Å²) < 4.78 is 26.6. The van der Waals surface area contributed by atoms with Gasteiger partial charge in [0.2, 0.25) is 0 Å². The van der Waals surface area contributed by atoms with E-state index >= 15 is 0 Å². The number of nitrogens with one attached hydrogen (secondary N) is 3. The van der Waals surface area contributed by atoms with Crippen LogP contribution in [0.4, 0.5) is 0 Å². The molecule has 96 valence electrons. The summed E-state index contributed by atoms with van der Waals surface area (Å²) in [5, 5.41) is 9.52. The van der Waals surface area contributed by atoms with Crippen LogP contribution in [-0.2, 0) is 10.0 Å². The van der Waals surface area contributed by atoms with Gasteiger partial charge in [0.15, 0.2) is 5.03 Å². The number of aromatic amines is 1. The van der Waals surface area contributed by atoms with Gasteiger partial charge in [0.05, 0.1) is 6.20 Å². The van der Waals surface area contributed by atoms with E-state index in [0.29, 0.717) is 5.92 Å². The van der Waals surface area contributed by atoms with Crippen molar-refractivity contribution in [2.45, 2.75) is 30.8 Å². The van der Waals surface area contributed by atoms with Crippen LogP contribution in [0.15, 0.2) is 17.3 Å². The second kappa shape index (κ2) is 5.16. The molecule has 1 fully saturated rings. The van der Waals surface area contributed by atoms with Crippen LogP contribution in [0.5, 0.6) is 0 Å². The number of nitrogens with zero attached hydrogens (tertiary/aromatic N) is 1. The molecule has 3 N–H and O–H groups in total. The molecular formula is C10H18N4O2S. The predicted octanol–water partition coefficient (Wildman–Crippen LogP) is 0.0761. The molecule has 1 aromatic rings. The zero-order chi connectivity index (χ0) is 12.3. The molecule has 2 heterocycles. The Morgan fingerprint density at radius 2 is 2.41 bits per heavy atom. The van der Waals surface area contributed by atoms with Gasteiger partial charge < -0.3 is 5.32 Å². The maximum atomic E-state index is 11.9. The van der Waals surface area contributed by atoms with Crippen molar-refractivity contribution in [2.75, 3.05) is 13.1 Å². The first-order valence-electron chi connectivity index (χ1n) is 5.82. The Morgan fingerprint density at radius 1 is 1.59 bits per heavy atom. The fraction of sp³-hybridized carbons (Fsp3) is 0.700. The van der Waals surface area contributed by atoms with Gasteiger partial charge >= 0.3 is 0 Å². The number of hydrogen-bond acceptors (Lipinski definition) is 4. The molecule has 7 heteroatoms. The van der Waals surface area contributed by atoms with Crippen molar-refractivity contribution >= 4 is 10.0 Å². The van der Waals surface area contributed by atoms with Crippen molar-refractivity contribution in [3.8, 4) is 0 Å². The van der Waals surface area contributed by atoms with E-state index < -0.39 is 10.0 Å². The third kappa shape index (κ3) is 3.05.